The molecule has 1 saturated carbocycles. The van der Waals surface area contributed by atoms with Crippen molar-refractivity contribution in [3.63, 3.8) is 0 Å². The van der Waals surface area contributed by atoms with Gasteiger partial charge in [0.25, 0.3) is 5.91 Å². The highest BCUT2D eigenvalue weighted by atomic mass is 19.4. The van der Waals surface area contributed by atoms with Crippen molar-refractivity contribution in [1.29, 1.82) is 0 Å². The average Bonchev–Trinajstić information content (AvgIpc) is 3.25. The van der Waals surface area contributed by atoms with E-state index in [2.05, 4.69) is 20.3 Å². The lowest BCUT2D eigenvalue weighted by molar-refractivity contribution is -0.352. The second kappa shape index (κ2) is 10.2. The second-order valence-electron chi connectivity index (χ2n) is 8.08. The summed E-state index contributed by atoms with van der Waals surface area (Å²) >= 11 is 0. The van der Waals surface area contributed by atoms with Crippen LogP contribution in [0.3, 0.4) is 0 Å². The first-order valence-electron chi connectivity index (χ1n) is 10.6. The Morgan fingerprint density at radius 2 is 1.85 bits per heavy atom. The number of hydrogen-bond acceptors (Lipinski definition) is 8. The molecule has 1 saturated heterocycles. The molecule has 0 radical (unpaired) electrons. The number of aromatic nitrogens is 2. The highest BCUT2D eigenvalue weighted by molar-refractivity contribution is 5.78. The molecular weight excluding hydrogens is 466 g/mol. The van der Waals surface area contributed by atoms with Gasteiger partial charge in [-0.3, -0.25) is 9.53 Å². The summed E-state index contributed by atoms with van der Waals surface area (Å²) in [7, 11) is 1.50. The Bertz CT molecular complexity index is 964. The molecule has 0 bridgehead atoms. The van der Waals surface area contributed by atoms with Crippen molar-refractivity contribution in [3.05, 3.63) is 41.9 Å². The third-order valence-electron chi connectivity index (χ3n) is 5.68. The van der Waals surface area contributed by atoms with E-state index in [0.717, 1.165) is 0 Å². The number of methoxy groups -OCH3 is 1. The van der Waals surface area contributed by atoms with Gasteiger partial charge in [0.1, 0.15) is 17.7 Å². The summed E-state index contributed by atoms with van der Waals surface area (Å²) in [5.41, 5.74) is 0. The lowest BCUT2D eigenvalue weighted by Crippen LogP contribution is -2.51. The van der Waals surface area contributed by atoms with E-state index < -0.39 is 42.4 Å². The van der Waals surface area contributed by atoms with Gasteiger partial charge in [0, 0.05) is 19.4 Å². The number of nitrogens with one attached hydrogen (secondary N) is 1. The molecule has 13 heteroatoms. The lowest BCUT2D eigenvalue weighted by Gasteiger charge is -2.34. The number of ether oxygens (including phenoxy) is 4. The molecule has 1 amide bonds. The summed E-state index contributed by atoms with van der Waals surface area (Å²) in [6, 6.07) is 4.83. The predicted octanol–water partition coefficient (Wildman–Crippen LogP) is 3.03. The molecule has 1 aliphatic carbocycles. The van der Waals surface area contributed by atoms with Crippen molar-refractivity contribution in [2.75, 3.05) is 20.3 Å². The first kappa shape index (κ1) is 24.4. The number of carbonyl (C=O) groups excluding carboxylic acids is 1. The SMILES string of the molecule is COC1C[C@H](c2nnc(C3CC(OC(F)(F)F)C3)o2)OC[C@H]1NC(=O)COc1ccc(F)cc1. The molecule has 2 fully saturated rings. The van der Waals surface area contributed by atoms with Crippen molar-refractivity contribution in [2.45, 2.75) is 55.9 Å². The number of alkyl halides is 3. The maximum Gasteiger partial charge on any atom is 0.522 e. The van der Waals surface area contributed by atoms with Crippen LogP contribution in [0.25, 0.3) is 0 Å². The number of benzene rings is 1. The zero-order chi connectivity index (χ0) is 24.3. The van der Waals surface area contributed by atoms with Gasteiger partial charge in [-0.05, 0) is 37.1 Å². The summed E-state index contributed by atoms with van der Waals surface area (Å²) in [6.07, 6.45) is -6.00. The van der Waals surface area contributed by atoms with Crippen molar-refractivity contribution >= 4 is 5.91 Å². The third-order valence-corrected chi connectivity index (χ3v) is 5.68. The van der Waals surface area contributed by atoms with Crippen LogP contribution in [-0.2, 0) is 19.0 Å². The average molecular weight is 489 g/mol. The quantitative estimate of drug-likeness (QED) is 0.565. The minimum atomic E-state index is -4.67. The van der Waals surface area contributed by atoms with Crippen LogP contribution >= 0.6 is 0 Å². The molecule has 3 atom stereocenters. The molecular formula is C21H23F4N3O6. The molecule has 2 heterocycles. The van der Waals surface area contributed by atoms with Gasteiger partial charge in [-0.2, -0.15) is 0 Å². The van der Waals surface area contributed by atoms with Crippen molar-refractivity contribution in [1.82, 2.24) is 15.5 Å². The molecule has 1 unspecified atom stereocenters. The molecule has 1 aliphatic heterocycles. The standard InChI is InChI=1S/C21H23F4N3O6/c1-30-16-8-17(20-28-27-19(33-20)11-6-14(7-11)34-21(23,24)25)32-9-15(16)26-18(29)10-31-13-4-2-12(22)3-5-13/h2-5,11,14-17H,6-10H2,1H3,(H,26,29)/t11?,14?,15-,16?,17-/m1/s1. The minimum Gasteiger partial charge on any atom is -0.484 e. The minimum absolute atomic E-state index is 0.105. The van der Waals surface area contributed by atoms with Crippen LogP contribution in [-0.4, -0.2) is 61.0 Å². The highest BCUT2D eigenvalue weighted by Crippen LogP contribution is 2.41. The maximum absolute atomic E-state index is 12.9. The number of halogens is 4. The van der Waals surface area contributed by atoms with E-state index in [1.165, 1.54) is 31.4 Å². The smallest absolute Gasteiger partial charge is 0.484 e. The fourth-order valence-corrected chi connectivity index (χ4v) is 3.86. The van der Waals surface area contributed by atoms with Crippen LogP contribution in [0.15, 0.2) is 28.7 Å². The van der Waals surface area contributed by atoms with Crippen LogP contribution in [0.2, 0.25) is 0 Å². The largest absolute Gasteiger partial charge is 0.522 e. The van der Waals surface area contributed by atoms with Crippen LogP contribution < -0.4 is 10.1 Å². The molecule has 1 aromatic carbocycles. The molecule has 2 aliphatic rings. The Balaban J connectivity index is 1.25. The lowest BCUT2D eigenvalue weighted by atomic mass is 9.82. The topological polar surface area (TPSA) is 105 Å². The van der Waals surface area contributed by atoms with Gasteiger partial charge in [-0.1, -0.05) is 0 Å². The zero-order valence-electron chi connectivity index (χ0n) is 18.1. The number of amides is 1. The number of carbonyl (C=O) groups is 1. The molecule has 186 valence electrons. The van der Waals surface area contributed by atoms with Crippen LogP contribution in [0, 0.1) is 5.82 Å². The van der Waals surface area contributed by atoms with E-state index in [1.807, 2.05) is 0 Å². The van der Waals surface area contributed by atoms with Crippen molar-refractivity contribution in [2.24, 2.45) is 0 Å². The number of nitrogens with zero attached hydrogens (tertiary/aromatic N) is 2. The number of rotatable bonds is 8. The van der Waals surface area contributed by atoms with E-state index in [4.69, 9.17) is 18.6 Å². The van der Waals surface area contributed by atoms with Gasteiger partial charge in [-0.25, -0.2) is 4.39 Å². The number of hydrogen-bond donors (Lipinski definition) is 1. The van der Waals surface area contributed by atoms with Gasteiger partial charge in [-0.15, -0.1) is 23.4 Å². The second-order valence-corrected chi connectivity index (χ2v) is 8.08. The molecule has 2 aromatic rings. The third kappa shape index (κ3) is 6.21. The summed E-state index contributed by atoms with van der Waals surface area (Å²) < 4.78 is 76.0. The summed E-state index contributed by atoms with van der Waals surface area (Å²) in [5.74, 6) is -0.323. The van der Waals surface area contributed by atoms with E-state index in [1.54, 1.807) is 0 Å². The Morgan fingerprint density at radius 1 is 1.15 bits per heavy atom. The van der Waals surface area contributed by atoms with Crippen LogP contribution in [0.1, 0.15) is 43.1 Å². The summed E-state index contributed by atoms with van der Waals surface area (Å²) in [5, 5.41) is 10.7. The van der Waals surface area contributed by atoms with E-state index in [-0.39, 0.29) is 43.8 Å². The van der Waals surface area contributed by atoms with Crippen molar-refractivity contribution < 1.29 is 45.7 Å². The highest BCUT2D eigenvalue weighted by Gasteiger charge is 2.43. The maximum atomic E-state index is 12.9. The predicted molar refractivity (Wildman–Crippen MR) is 105 cm³/mol. The molecule has 1 N–H and O–H groups in total. The monoisotopic (exact) mass is 489 g/mol. The fourth-order valence-electron chi connectivity index (χ4n) is 3.86. The van der Waals surface area contributed by atoms with E-state index in [0.29, 0.717) is 12.2 Å². The Kier molecular flexibility index (Phi) is 7.33. The van der Waals surface area contributed by atoms with E-state index >= 15 is 0 Å². The molecule has 0 spiro atoms. The summed E-state index contributed by atoms with van der Waals surface area (Å²) in [4.78, 5) is 12.3. The van der Waals surface area contributed by atoms with Crippen LogP contribution in [0.5, 0.6) is 5.75 Å². The zero-order valence-corrected chi connectivity index (χ0v) is 18.1. The normalized spacial score (nSPS) is 27.1. The Morgan fingerprint density at radius 3 is 2.53 bits per heavy atom. The first-order valence-corrected chi connectivity index (χ1v) is 10.6. The van der Waals surface area contributed by atoms with Gasteiger partial charge >= 0.3 is 6.36 Å². The van der Waals surface area contributed by atoms with Gasteiger partial charge in [0.2, 0.25) is 11.8 Å². The van der Waals surface area contributed by atoms with Crippen LogP contribution in [0.4, 0.5) is 17.6 Å². The summed E-state index contributed by atoms with van der Waals surface area (Å²) in [6.45, 7) is -0.163. The van der Waals surface area contributed by atoms with E-state index in [9.17, 15) is 22.4 Å². The molecule has 4 rings (SSSR count). The van der Waals surface area contributed by atoms with Gasteiger partial charge < -0.3 is 23.9 Å². The molecule has 1 aromatic heterocycles. The molecule has 9 nitrogen and oxygen atoms in total. The fraction of sp³-hybridized carbons (Fsp3) is 0.571. The first-order chi connectivity index (χ1) is 16.2. The molecule has 34 heavy (non-hydrogen) atoms. The van der Waals surface area contributed by atoms with Crippen molar-refractivity contribution in [3.8, 4) is 5.75 Å². The Labute approximate surface area is 191 Å². The van der Waals surface area contributed by atoms with Gasteiger partial charge in [0.15, 0.2) is 6.61 Å². The van der Waals surface area contributed by atoms with Gasteiger partial charge in [0.05, 0.1) is 24.9 Å². The Hall–Kier alpha value is -2.77.